The summed E-state index contributed by atoms with van der Waals surface area (Å²) in [6, 6.07) is 4.08. The minimum atomic E-state index is -0.250. The monoisotopic (exact) mass is 219 g/mol. The van der Waals surface area contributed by atoms with E-state index >= 15 is 0 Å². The van der Waals surface area contributed by atoms with Crippen molar-refractivity contribution in [3.8, 4) is 0 Å². The van der Waals surface area contributed by atoms with E-state index in [1.165, 1.54) is 5.56 Å². The molecule has 5 nitrogen and oxygen atoms in total. The van der Waals surface area contributed by atoms with Crippen molar-refractivity contribution >= 4 is 17.6 Å². The van der Waals surface area contributed by atoms with Crippen molar-refractivity contribution in [2.45, 2.75) is 20.8 Å². The lowest BCUT2D eigenvalue weighted by Crippen LogP contribution is -2.39. The molecule has 16 heavy (non-hydrogen) atoms. The number of nitrogens with two attached hydrogens (primary N) is 1. The summed E-state index contributed by atoms with van der Waals surface area (Å²) >= 11 is 0. The number of nitrogens with one attached hydrogen (secondary N) is 4. The molecule has 0 amide bonds. The van der Waals surface area contributed by atoms with Gasteiger partial charge >= 0.3 is 0 Å². The number of benzene rings is 1. The van der Waals surface area contributed by atoms with Crippen molar-refractivity contribution in [1.29, 1.82) is 10.8 Å². The Labute approximate surface area is 95.1 Å². The van der Waals surface area contributed by atoms with E-state index < -0.39 is 0 Å². The second kappa shape index (κ2) is 4.65. The van der Waals surface area contributed by atoms with Gasteiger partial charge in [0.25, 0.3) is 0 Å². The lowest BCUT2D eigenvalue weighted by atomic mass is 10.1. The first-order valence-corrected chi connectivity index (χ1v) is 4.94. The summed E-state index contributed by atoms with van der Waals surface area (Å²) in [5.74, 6) is -0.248. The SMILES string of the molecule is Cc1cc(C)c(NC(=N)NC(=N)N)c(C)c1. The van der Waals surface area contributed by atoms with Crippen LogP contribution in [0.2, 0.25) is 0 Å². The van der Waals surface area contributed by atoms with E-state index in [-0.39, 0.29) is 11.9 Å². The summed E-state index contributed by atoms with van der Waals surface area (Å²) in [5.41, 5.74) is 9.33. The summed E-state index contributed by atoms with van der Waals surface area (Å²) in [7, 11) is 0. The van der Waals surface area contributed by atoms with E-state index in [0.29, 0.717) is 0 Å². The fourth-order valence-electron chi connectivity index (χ4n) is 1.67. The highest BCUT2D eigenvalue weighted by atomic mass is 15.2. The third-order valence-electron chi connectivity index (χ3n) is 2.19. The molecule has 0 saturated carbocycles. The first-order valence-electron chi connectivity index (χ1n) is 4.94. The molecule has 0 radical (unpaired) electrons. The first-order chi connectivity index (χ1) is 7.40. The fourth-order valence-corrected chi connectivity index (χ4v) is 1.67. The predicted octanol–water partition coefficient (Wildman–Crippen LogP) is 1.44. The fraction of sp³-hybridized carbons (Fsp3) is 0.273. The number of aryl methyl sites for hydroxylation is 3. The topological polar surface area (TPSA) is 97.8 Å². The zero-order valence-corrected chi connectivity index (χ0v) is 9.73. The first kappa shape index (κ1) is 12.0. The Balaban J connectivity index is 2.89. The molecule has 1 rings (SSSR count). The van der Waals surface area contributed by atoms with Crippen LogP contribution in [0.1, 0.15) is 16.7 Å². The van der Waals surface area contributed by atoms with Gasteiger partial charge in [0.05, 0.1) is 0 Å². The van der Waals surface area contributed by atoms with Gasteiger partial charge in [-0.25, -0.2) is 0 Å². The van der Waals surface area contributed by atoms with Crippen molar-refractivity contribution in [3.05, 3.63) is 28.8 Å². The Bertz CT molecular complexity index is 413. The van der Waals surface area contributed by atoms with Gasteiger partial charge in [-0.15, -0.1) is 0 Å². The predicted molar refractivity (Wildman–Crippen MR) is 67.1 cm³/mol. The van der Waals surface area contributed by atoms with Crippen LogP contribution in [-0.2, 0) is 0 Å². The van der Waals surface area contributed by atoms with E-state index in [2.05, 4.69) is 10.6 Å². The smallest absolute Gasteiger partial charge is 0.199 e. The maximum atomic E-state index is 7.56. The normalized spacial score (nSPS) is 9.69. The number of hydrogen-bond donors (Lipinski definition) is 5. The summed E-state index contributed by atoms with van der Waals surface area (Å²) in [4.78, 5) is 0. The van der Waals surface area contributed by atoms with E-state index in [1.54, 1.807) is 0 Å². The lowest BCUT2D eigenvalue weighted by molar-refractivity contribution is 1.19. The molecule has 1 aromatic carbocycles. The highest BCUT2D eigenvalue weighted by molar-refractivity contribution is 6.02. The molecule has 0 heterocycles. The highest BCUT2D eigenvalue weighted by Crippen LogP contribution is 2.21. The lowest BCUT2D eigenvalue weighted by Gasteiger charge is -2.14. The molecular weight excluding hydrogens is 202 g/mol. The van der Waals surface area contributed by atoms with Crippen molar-refractivity contribution in [2.75, 3.05) is 5.32 Å². The number of hydrogen-bond acceptors (Lipinski definition) is 2. The zero-order chi connectivity index (χ0) is 12.3. The molecular formula is C11H17N5. The van der Waals surface area contributed by atoms with Crippen molar-refractivity contribution in [3.63, 3.8) is 0 Å². The van der Waals surface area contributed by atoms with Crippen LogP contribution in [0.15, 0.2) is 12.1 Å². The average Bonchev–Trinajstić information content (AvgIpc) is 2.09. The third kappa shape index (κ3) is 2.98. The van der Waals surface area contributed by atoms with Crippen molar-refractivity contribution < 1.29 is 0 Å². The van der Waals surface area contributed by atoms with E-state index in [9.17, 15) is 0 Å². The van der Waals surface area contributed by atoms with Gasteiger partial charge in [0.2, 0.25) is 0 Å². The molecule has 0 unspecified atom stereocenters. The second-order valence-corrected chi connectivity index (χ2v) is 3.81. The molecule has 0 saturated heterocycles. The van der Waals surface area contributed by atoms with Crippen molar-refractivity contribution in [2.24, 2.45) is 5.73 Å². The zero-order valence-electron chi connectivity index (χ0n) is 9.73. The summed E-state index contributed by atoms with van der Waals surface area (Å²) in [5, 5.41) is 19.9. The number of anilines is 1. The summed E-state index contributed by atoms with van der Waals surface area (Å²) < 4.78 is 0. The Morgan fingerprint density at radius 2 is 1.62 bits per heavy atom. The molecule has 0 aliphatic carbocycles. The Hall–Kier alpha value is -2.04. The molecule has 6 N–H and O–H groups in total. The molecule has 86 valence electrons. The van der Waals surface area contributed by atoms with Crippen LogP contribution in [0.4, 0.5) is 5.69 Å². The van der Waals surface area contributed by atoms with Crippen LogP contribution in [-0.4, -0.2) is 11.9 Å². The van der Waals surface area contributed by atoms with Crippen LogP contribution in [0, 0.1) is 31.6 Å². The molecule has 0 aromatic heterocycles. The average molecular weight is 219 g/mol. The molecule has 0 atom stereocenters. The van der Waals surface area contributed by atoms with Gasteiger partial charge in [-0.05, 0) is 31.9 Å². The van der Waals surface area contributed by atoms with Gasteiger partial charge in [-0.1, -0.05) is 17.7 Å². The molecule has 5 heteroatoms. The maximum absolute atomic E-state index is 7.56. The molecule has 0 spiro atoms. The largest absolute Gasteiger partial charge is 0.370 e. The van der Waals surface area contributed by atoms with E-state index in [1.807, 2.05) is 32.9 Å². The van der Waals surface area contributed by atoms with Gasteiger partial charge in [0.1, 0.15) is 0 Å². The van der Waals surface area contributed by atoms with Crippen LogP contribution in [0.5, 0.6) is 0 Å². The summed E-state index contributed by atoms with van der Waals surface area (Å²) in [6.45, 7) is 5.98. The maximum Gasteiger partial charge on any atom is 0.199 e. The van der Waals surface area contributed by atoms with Crippen LogP contribution < -0.4 is 16.4 Å². The minimum absolute atomic E-state index is 0.00236. The van der Waals surface area contributed by atoms with Crippen LogP contribution in [0.3, 0.4) is 0 Å². The van der Waals surface area contributed by atoms with Gasteiger partial charge in [-0.2, -0.15) is 0 Å². The minimum Gasteiger partial charge on any atom is -0.370 e. The molecule has 1 aromatic rings. The second-order valence-electron chi connectivity index (χ2n) is 3.81. The molecule has 0 aliphatic rings. The van der Waals surface area contributed by atoms with Crippen LogP contribution in [0.25, 0.3) is 0 Å². The summed E-state index contributed by atoms with van der Waals surface area (Å²) in [6.07, 6.45) is 0. The van der Waals surface area contributed by atoms with Crippen LogP contribution >= 0.6 is 0 Å². The number of rotatable bonds is 1. The third-order valence-corrected chi connectivity index (χ3v) is 2.19. The Morgan fingerprint density at radius 3 is 2.06 bits per heavy atom. The quantitative estimate of drug-likeness (QED) is 0.365. The van der Waals surface area contributed by atoms with Gasteiger partial charge in [0, 0.05) is 5.69 Å². The Kier molecular flexibility index (Phi) is 3.50. The molecule has 0 fully saturated rings. The molecule has 0 aliphatic heterocycles. The van der Waals surface area contributed by atoms with E-state index in [4.69, 9.17) is 16.6 Å². The Morgan fingerprint density at radius 1 is 1.12 bits per heavy atom. The van der Waals surface area contributed by atoms with E-state index in [0.717, 1.165) is 16.8 Å². The van der Waals surface area contributed by atoms with Gasteiger partial charge in [-0.3, -0.25) is 16.1 Å². The van der Waals surface area contributed by atoms with Gasteiger partial charge < -0.3 is 11.1 Å². The van der Waals surface area contributed by atoms with Gasteiger partial charge in [0.15, 0.2) is 11.9 Å². The molecule has 0 bridgehead atoms. The highest BCUT2D eigenvalue weighted by Gasteiger charge is 2.05. The number of guanidine groups is 2. The standard InChI is InChI=1S/C11H17N5/c1-6-4-7(2)9(8(3)5-6)15-11(14)16-10(12)13/h4-5H,1-3H3,(H6,12,13,14,15,16). The van der Waals surface area contributed by atoms with Crippen molar-refractivity contribution in [1.82, 2.24) is 5.32 Å².